The van der Waals surface area contributed by atoms with Crippen molar-refractivity contribution in [3.05, 3.63) is 23.8 Å². The molecule has 23 heavy (non-hydrogen) atoms. The zero-order chi connectivity index (χ0) is 16.9. The van der Waals surface area contributed by atoms with E-state index in [1.807, 2.05) is 37.1 Å². The monoisotopic (exact) mass is 316 g/mol. The average Bonchev–Trinajstić information content (AvgIpc) is 2.56. The largest absolute Gasteiger partial charge is 0.369 e. The van der Waals surface area contributed by atoms with Crippen molar-refractivity contribution in [2.24, 2.45) is 0 Å². The third-order valence-corrected chi connectivity index (χ3v) is 4.62. The Balaban J connectivity index is 2.11. The number of urea groups is 1. The van der Waals surface area contributed by atoms with Crippen LogP contribution in [0.15, 0.2) is 18.2 Å². The van der Waals surface area contributed by atoms with E-state index in [1.165, 1.54) is 14.1 Å². The predicted molar refractivity (Wildman–Crippen MR) is 86.4 cm³/mol. The number of nitrogens with zero attached hydrogens (tertiary/aromatic N) is 3. The number of carbonyl (C=O) groups is 3. The maximum Gasteiger partial charge on any atom is 0.333 e. The van der Waals surface area contributed by atoms with Crippen molar-refractivity contribution >= 4 is 29.2 Å². The number of carbonyl (C=O) groups excluding carboxylic acids is 3. The molecule has 3 rings (SSSR count). The van der Waals surface area contributed by atoms with Crippen LogP contribution in [0.25, 0.3) is 0 Å². The summed E-state index contributed by atoms with van der Waals surface area (Å²) in [5, 5.41) is 3.12. The fraction of sp³-hybridized carbons (Fsp3) is 0.438. The summed E-state index contributed by atoms with van der Waals surface area (Å²) in [4.78, 5) is 41.3. The molecule has 2 aliphatic heterocycles. The van der Waals surface area contributed by atoms with Crippen molar-refractivity contribution < 1.29 is 14.4 Å². The molecule has 7 nitrogen and oxygen atoms in total. The lowest BCUT2D eigenvalue weighted by molar-refractivity contribution is -0.148. The van der Waals surface area contributed by atoms with Gasteiger partial charge in [-0.1, -0.05) is 13.0 Å². The summed E-state index contributed by atoms with van der Waals surface area (Å²) >= 11 is 0. The van der Waals surface area contributed by atoms with Gasteiger partial charge in [-0.15, -0.1) is 0 Å². The molecule has 122 valence electrons. The van der Waals surface area contributed by atoms with Crippen molar-refractivity contribution in [1.29, 1.82) is 0 Å². The fourth-order valence-corrected chi connectivity index (χ4v) is 3.25. The first kappa shape index (κ1) is 15.3. The van der Waals surface area contributed by atoms with Gasteiger partial charge in [-0.25, -0.2) is 4.79 Å². The molecule has 4 amide bonds. The van der Waals surface area contributed by atoms with Gasteiger partial charge in [-0.05, 0) is 24.1 Å². The van der Waals surface area contributed by atoms with Gasteiger partial charge in [0, 0.05) is 21.1 Å². The second-order valence-electron chi connectivity index (χ2n) is 6.10. The lowest BCUT2D eigenvalue weighted by atomic mass is 9.89. The molecule has 0 saturated carbocycles. The van der Waals surface area contributed by atoms with Gasteiger partial charge in [-0.2, -0.15) is 0 Å². The highest BCUT2D eigenvalue weighted by molar-refractivity contribution is 6.24. The number of nitrogens with one attached hydrogen (secondary N) is 1. The maximum absolute atomic E-state index is 12.7. The van der Waals surface area contributed by atoms with Crippen LogP contribution in [0, 0.1) is 0 Å². The smallest absolute Gasteiger partial charge is 0.333 e. The number of anilines is 2. The first-order chi connectivity index (χ1) is 10.8. The lowest BCUT2D eigenvalue weighted by Gasteiger charge is -2.47. The standard InChI is InChI=1S/C16H20N4O3/c1-5-10-6-7-12-11(8-10)17-16(9-18(12)2)13(21)19(3)15(23)20(4)14(16)22/h6-8,17H,5,9H2,1-4H3. The van der Waals surface area contributed by atoms with Crippen LogP contribution in [0.3, 0.4) is 0 Å². The molecule has 1 fully saturated rings. The quantitative estimate of drug-likeness (QED) is 0.779. The number of rotatable bonds is 1. The zero-order valence-electron chi connectivity index (χ0n) is 13.7. The Morgan fingerprint density at radius 1 is 1.09 bits per heavy atom. The van der Waals surface area contributed by atoms with Crippen LogP contribution in [0.5, 0.6) is 0 Å². The van der Waals surface area contributed by atoms with Gasteiger partial charge in [0.2, 0.25) is 5.54 Å². The predicted octanol–water partition coefficient (Wildman–Crippen LogP) is 0.900. The number of imide groups is 2. The summed E-state index contributed by atoms with van der Waals surface area (Å²) < 4.78 is 0. The SMILES string of the molecule is CCc1ccc2c(c1)NC1(CN2C)C(=O)N(C)C(=O)N(C)C1=O. The molecule has 0 aromatic heterocycles. The number of amides is 4. The van der Waals surface area contributed by atoms with E-state index in [0.717, 1.165) is 33.2 Å². The summed E-state index contributed by atoms with van der Waals surface area (Å²) in [7, 11) is 4.63. The van der Waals surface area contributed by atoms with Gasteiger partial charge >= 0.3 is 6.03 Å². The Labute approximate surface area is 134 Å². The normalized spacial score (nSPS) is 20.0. The van der Waals surface area contributed by atoms with E-state index in [9.17, 15) is 14.4 Å². The van der Waals surface area contributed by atoms with Gasteiger partial charge in [0.25, 0.3) is 11.8 Å². The van der Waals surface area contributed by atoms with Crippen LogP contribution in [0.2, 0.25) is 0 Å². The van der Waals surface area contributed by atoms with E-state index >= 15 is 0 Å². The van der Waals surface area contributed by atoms with E-state index in [1.54, 1.807) is 0 Å². The molecular weight excluding hydrogens is 296 g/mol. The molecule has 1 saturated heterocycles. The van der Waals surface area contributed by atoms with E-state index in [2.05, 4.69) is 5.32 Å². The minimum Gasteiger partial charge on any atom is -0.369 e. The molecule has 1 spiro atoms. The first-order valence-electron chi connectivity index (χ1n) is 7.54. The third kappa shape index (κ3) is 1.99. The average molecular weight is 316 g/mol. The van der Waals surface area contributed by atoms with E-state index in [-0.39, 0.29) is 6.54 Å². The number of benzene rings is 1. The molecule has 0 bridgehead atoms. The molecular formula is C16H20N4O3. The molecule has 7 heteroatoms. The van der Waals surface area contributed by atoms with Crippen molar-refractivity contribution in [3.63, 3.8) is 0 Å². The van der Waals surface area contributed by atoms with E-state index in [0.29, 0.717) is 0 Å². The van der Waals surface area contributed by atoms with Crippen molar-refractivity contribution in [3.8, 4) is 0 Å². The summed E-state index contributed by atoms with van der Waals surface area (Å²) in [5.41, 5.74) is 1.30. The number of barbiturate groups is 1. The van der Waals surface area contributed by atoms with Crippen molar-refractivity contribution in [2.45, 2.75) is 18.9 Å². The highest BCUT2D eigenvalue weighted by atomic mass is 16.2. The third-order valence-electron chi connectivity index (χ3n) is 4.62. The Kier molecular flexibility index (Phi) is 3.31. The summed E-state index contributed by atoms with van der Waals surface area (Å²) in [6.07, 6.45) is 0.853. The molecule has 0 unspecified atom stereocenters. The minimum absolute atomic E-state index is 0.172. The first-order valence-corrected chi connectivity index (χ1v) is 7.54. The van der Waals surface area contributed by atoms with Gasteiger partial charge in [0.15, 0.2) is 0 Å². The number of hydrogen-bond donors (Lipinski definition) is 1. The van der Waals surface area contributed by atoms with Crippen LogP contribution >= 0.6 is 0 Å². The Bertz CT molecular complexity index is 691. The summed E-state index contributed by atoms with van der Waals surface area (Å²) in [6, 6.07) is 5.35. The minimum atomic E-state index is -1.47. The maximum atomic E-state index is 12.7. The zero-order valence-corrected chi connectivity index (χ0v) is 13.7. The molecule has 2 heterocycles. The summed E-state index contributed by atoms with van der Waals surface area (Å²) in [6.45, 7) is 2.21. The lowest BCUT2D eigenvalue weighted by Crippen LogP contribution is -2.74. The van der Waals surface area contributed by atoms with E-state index in [4.69, 9.17) is 0 Å². The second kappa shape index (κ2) is 4.97. The van der Waals surface area contributed by atoms with Gasteiger partial charge in [0.1, 0.15) is 0 Å². The van der Waals surface area contributed by atoms with E-state index < -0.39 is 23.4 Å². The number of likely N-dealkylation sites (N-methyl/N-ethyl adjacent to an activating group) is 3. The van der Waals surface area contributed by atoms with Crippen LogP contribution in [0.4, 0.5) is 16.2 Å². The van der Waals surface area contributed by atoms with Gasteiger partial charge in [0.05, 0.1) is 17.9 Å². The Morgan fingerprint density at radius 3 is 2.26 bits per heavy atom. The highest BCUT2D eigenvalue weighted by Crippen LogP contribution is 2.37. The molecule has 1 aromatic carbocycles. The fourth-order valence-electron chi connectivity index (χ4n) is 3.25. The molecule has 2 aliphatic rings. The second-order valence-corrected chi connectivity index (χ2v) is 6.10. The molecule has 0 aliphatic carbocycles. The molecule has 1 N–H and O–H groups in total. The van der Waals surface area contributed by atoms with Crippen LogP contribution in [0.1, 0.15) is 12.5 Å². The number of hydrogen-bond acceptors (Lipinski definition) is 5. The number of aryl methyl sites for hydroxylation is 1. The van der Waals surface area contributed by atoms with Crippen LogP contribution < -0.4 is 10.2 Å². The van der Waals surface area contributed by atoms with Gasteiger partial charge in [-0.3, -0.25) is 19.4 Å². The van der Waals surface area contributed by atoms with Crippen LogP contribution in [-0.2, 0) is 16.0 Å². The highest BCUT2D eigenvalue weighted by Gasteiger charge is 2.58. The number of fused-ring (bicyclic) bond motifs is 1. The van der Waals surface area contributed by atoms with Crippen molar-refractivity contribution in [2.75, 3.05) is 37.9 Å². The summed E-state index contributed by atoms with van der Waals surface area (Å²) in [5.74, 6) is -1.05. The van der Waals surface area contributed by atoms with Crippen LogP contribution in [-0.4, -0.2) is 60.9 Å². The topological polar surface area (TPSA) is 73.0 Å². The van der Waals surface area contributed by atoms with Gasteiger partial charge < -0.3 is 10.2 Å². The van der Waals surface area contributed by atoms with Crippen molar-refractivity contribution in [1.82, 2.24) is 9.80 Å². The Morgan fingerprint density at radius 2 is 1.70 bits per heavy atom. The Hall–Kier alpha value is -2.57. The molecule has 0 atom stereocenters. The molecule has 0 radical (unpaired) electrons. The molecule has 1 aromatic rings.